The van der Waals surface area contributed by atoms with Crippen molar-refractivity contribution in [1.82, 2.24) is 4.57 Å². The van der Waals surface area contributed by atoms with Crippen molar-refractivity contribution in [1.29, 1.82) is 0 Å². The third kappa shape index (κ3) is 2.94. The molecule has 0 amide bonds. The van der Waals surface area contributed by atoms with Gasteiger partial charge in [-0.15, -0.1) is 0 Å². The van der Waals surface area contributed by atoms with Crippen LogP contribution in [0.25, 0.3) is 28.2 Å². The molecule has 0 radical (unpaired) electrons. The molecule has 4 aromatic rings. The Morgan fingerprint density at radius 3 is 2.31 bits per heavy atom. The van der Waals surface area contributed by atoms with Gasteiger partial charge in [0.15, 0.2) is 0 Å². The molecule has 4 heteroatoms. The molecule has 3 aromatic carbocycles. The van der Waals surface area contributed by atoms with Gasteiger partial charge < -0.3 is 0 Å². The molecule has 1 aromatic heterocycles. The predicted molar refractivity (Wildman–Crippen MR) is 122 cm³/mol. The highest BCUT2D eigenvalue weighted by Crippen LogP contribution is 2.43. The van der Waals surface area contributed by atoms with Crippen LogP contribution in [-0.4, -0.2) is 4.57 Å². The summed E-state index contributed by atoms with van der Waals surface area (Å²) in [7, 11) is 0. The summed E-state index contributed by atoms with van der Waals surface area (Å²) in [6.07, 6.45) is 8.06. The molecule has 0 fully saturated rings. The Bertz CT molecular complexity index is 1400. The van der Waals surface area contributed by atoms with Crippen LogP contribution in [0.15, 0.2) is 91.3 Å². The van der Waals surface area contributed by atoms with Crippen molar-refractivity contribution in [3.8, 4) is 11.4 Å². The van der Waals surface area contributed by atoms with Crippen LogP contribution in [0.5, 0.6) is 0 Å². The van der Waals surface area contributed by atoms with Crippen LogP contribution in [0.1, 0.15) is 29.5 Å². The number of fused-ring (bicyclic) bond motifs is 3. The molecule has 0 saturated heterocycles. The SMILES string of the molecule is Fc1cc(F)c2c(c1)C[n+]1ccn(C3=C(c4ccccc4)CCC=C3c3ccccc3)c1-2. The summed E-state index contributed by atoms with van der Waals surface area (Å²) < 4.78 is 33.0. The van der Waals surface area contributed by atoms with E-state index in [1.165, 1.54) is 11.6 Å². The van der Waals surface area contributed by atoms with E-state index in [-0.39, 0.29) is 0 Å². The summed E-state index contributed by atoms with van der Waals surface area (Å²) in [6.45, 7) is 0.463. The zero-order valence-electron chi connectivity index (χ0n) is 17.4. The lowest BCUT2D eigenvalue weighted by Crippen LogP contribution is -2.30. The van der Waals surface area contributed by atoms with E-state index in [4.69, 9.17) is 0 Å². The first kappa shape index (κ1) is 18.9. The second kappa shape index (κ2) is 7.41. The number of rotatable bonds is 3. The van der Waals surface area contributed by atoms with Crippen molar-refractivity contribution >= 4 is 16.8 Å². The van der Waals surface area contributed by atoms with Crippen LogP contribution in [0.3, 0.4) is 0 Å². The van der Waals surface area contributed by atoms with Gasteiger partial charge in [-0.05, 0) is 30.0 Å². The highest BCUT2D eigenvalue weighted by molar-refractivity contribution is 6.10. The molecule has 0 N–H and O–H groups in total. The minimum absolute atomic E-state index is 0.463. The lowest BCUT2D eigenvalue weighted by atomic mass is 9.87. The number of benzene rings is 3. The van der Waals surface area contributed by atoms with E-state index in [0.717, 1.165) is 47.1 Å². The fourth-order valence-electron chi connectivity index (χ4n) is 4.99. The highest BCUT2D eigenvalue weighted by Gasteiger charge is 2.36. The molecule has 1 aliphatic heterocycles. The zero-order chi connectivity index (χ0) is 21.7. The highest BCUT2D eigenvalue weighted by atomic mass is 19.1. The molecular formula is C28H21F2N2+. The van der Waals surface area contributed by atoms with E-state index in [1.54, 1.807) is 0 Å². The first-order valence-electron chi connectivity index (χ1n) is 10.8. The monoisotopic (exact) mass is 423 g/mol. The standard InChI is InChI=1S/C28H21F2N2/c29-22-16-21-18-31-14-15-32(28(31)26(21)25(30)17-22)27-23(19-8-3-1-4-9-19)12-7-13-24(27)20-10-5-2-6-11-20/h1-6,8-12,14-17H,7,13,18H2/q+1. The van der Waals surface area contributed by atoms with Crippen LogP contribution in [0.4, 0.5) is 8.78 Å². The Kier molecular flexibility index (Phi) is 4.39. The molecule has 2 nitrogen and oxygen atoms in total. The van der Waals surface area contributed by atoms with Gasteiger partial charge in [0.05, 0.1) is 0 Å². The molecule has 1 aliphatic carbocycles. The molecule has 32 heavy (non-hydrogen) atoms. The van der Waals surface area contributed by atoms with Gasteiger partial charge in [-0.25, -0.2) is 13.3 Å². The average molecular weight is 423 g/mol. The number of nitrogens with zero attached hydrogens (tertiary/aromatic N) is 2. The lowest BCUT2D eigenvalue weighted by Gasteiger charge is -2.21. The third-order valence-electron chi connectivity index (χ3n) is 6.33. The zero-order valence-corrected chi connectivity index (χ0v) is 17.4. The summed E-state index contributed by atoms with van der Waals surface area (Å²) in [5.41, 5.74) is 6.85. The van der Waals surface area contributed by atoms with Crippen molar-refractivity contribution in [2.24, 2.45) is 0 Å². The molecule has 0 bridgehead atoms. The van der Waals surface area contributed by atoms with Crippen molar-refractivity contribution in [2.75, 3.05) is 0 Å². The van der Waals surface area contributed by atoms with Crippen molar-refractivity contribution in [3.05, 3.63) is 120 Å². The predicted octanol–water partition coefficient (Wildman–Crippen LogP) is 6.33. The van der Waals surface area contributed by atoms with Gasteiger partial charge >= 0.3 is 0 Å². The number of halogens is 2. The van der Waals surface area contributed by atoms with Gasteiger partial charge in [0, 0.05) is 22.8 Å². The van der Waals surface area contributed by atoms with Crippen LogP contribution in [0, 0.1) is 11.6 Å². The van der Waals surface area contributed by atoms with E-state index < -0.39 is 11.6 Å². The van der Waals surface area contributed by atoms with Crippen molar-refractivity contribution in [3.63, 3.8) is 0 Å². The number of hydrogen-bond acceptors (Lipinski definition) is 0. The van der Waals surface area contributed by atoms with Crippen molar-refractivity contribution < 1.29 is 13.3 Å². The fraction of sp³-hybridized carbons (Fsp3) is 0.107. The molecule has 0 saturated carbocycles. The van der Waals surface area contributed by atoms with Crippen LogP contribution in [0.2, 0.25) is 0 Å². The summed E-state index contributed by atoms with van der Waals surface area (Å²) in [4.78, 5) is 0. The minimum Gasteiger partial charge on any atom is -0.225 e. The maximum Gasteiger partial charge on any atom is 0.297 e. The molecule has 0 atom stereocenters. The summed E-state index contributed by atoms with van der Waals surface area (Å²) in [5, 5.41) is 0. The Labute approximate surface area is 185 Å². The second-order valence-corrected chi connectivity index (χ2v) is 8.26. The normalized spacial score (nSPS) is 14.9. The number of hydrogen-bond donors (Lipinski definition) is 0. The largest absolute Gasteiger partial charge is 0.297 e. The molecular weight excluding hydrogens is 402 g/mol. The molecule has 0 spiro atoms. The Morgan fingerprint density at radius 2 is 1.56 bits per heavy atom. The Balaban J connectivity index is 1.64. The molecule has 2 heterocycles. The molecule has 156 valence electrons. The first-order chi connectivity index (χ1) is 15.7. The maximum absolute atomic E-state index is 15.0. The third-order valence-corrected chi connectivity index (χ3v) is 6.33. The van der Waals surface area contributed by atoms with Gasteiger partial charge in [-0.2, -0.15) is 4.57 Å². The maximum atomic E-state index is 15.0. The van der Waals surface area contributed by atoms with Crippen LogP contribution < -0.4 is 4.57 Å². The van der Waals surface area contributed by atoms with E-state index >= 15 is 0 Å². The quantitative estimate of drug-likeness (QED) is 0.300. The second-order valence-electron chi connectivity index (χ2n) is 8.26. The smallest absolute Gasteiger partial charge is 0.225 e. The van der Waals surface area contributed by atoms with E-state index in [2.05, 4.69) is 34.9 Å². The summed E-state index contributed by atoms with van der Waals surface area (Å²) in [6, 6.07) is 23.1. The van der Waals surface area contributed by atoms with Crippen LogP contribution in [-0.2, 0) is 6.54 Å². The number of aromatic nitrogens is 2. The van der Waals surface area contributed by atoms with Crippen LogP contribution >= 0.6 is 0 Å². The van der Waals surface area contributed by atoms with Gasteiger partial charge in [-0.1, -0.05) is 66.7 Å². The summed E-state index contributed by atoms with van der Waals surface area (Å²) in [5.74, 6) is -0.302. The van der Waals surface area contributed by atoms with Gasteiger partial charge in [0.25, 0.3) is 5.82 Å². The summed E-state index contributed by atoms with van der Waals surface area (Å²) >= 11 is 0. The number of imidazole rings is 1. The molecule has 6 rings (SSSR count). The van der Waals surface area contributed by atoms with Gasteiger partial charge in [0.1, 0.15) is 41.8 Å². The van der Waals surface area contributed by atoms with E-state index in [1.807, 2.05) is 53.4 Å². The van der Waals surface area contributed by atoms with E-state index in [9.17, 15) is 8.78 Å². The molecule has 0 unspecified atom stereocenters. The topological polar surface area (TPSA) is 8.81 Å². The van der Waals surface area contributed by atoms with Crippen molar-refractivity contribution in [2.45, 2.75) is 19.4 Å². The Hall–Kier alpha value is -3.79. The number of allylic oxidation sites excluding steroid dienone is 4. The minimum atomic E-state index is -0.537. The fourth-order valence-corrected chi connectivity index (χ4v) is 4.99. The van der Waals surface area contributed by atoms with Gasteiger partial charge in [-0.3, -0.25) is 0 Å². The average Bonchev–Trinajstić information content (AvgIpc) is 3.38. The lowest BCUT2D eigenvalue weighted by molar-refractivity contribution is -0.671. The van der Waals surface area contributed by atoms with E-state index in [0.29, 0.717) is 17.7 Å². The molecule has 2 aliphatic rings. The Morgan fingerprint density at radius 1 is 0.844 bits per heavy atom. The van der Waals surface area contributed by atoms with Gasteiger partial charge in [0.2, 0.25) is 0 Å². The first-order valence-corrected chi connectivity index (χ1v) is 10.8.